The molecule has 0 spiro atoms. The zero-order chi connectivity index (χ0) is 26.2. The van der Waals surface area contributed by atoms with Crippen molar-refractivity contribution in [3.05, 3.63) is 60.7 Å². The van der Waals surface area contributed by atoms with Crippen molar-refractivity contribution in [3.8, 4) is 11.5 Å². The van der Waals surface area contributed by atoms with E-state index in [1.165, 1.54) is 30.7 Å². The molecule has 0 unspecified atom stereocenters. The molecular weight excluding hydrogens is 490 g/mol. The number of sulfonamides is 1. The Morgan fingerprint density at radius 3 is 2.49 bits per heavy atom. The number of carbonyl (C=O) groups excluding carboxylic acids is 1. The van der Waals surface area contributed by atoms with Crippen LogP contribution in [0, 0.1) is 5.92 Å². The van der Waals surface area contributed by atoms with E-state index in [4.69, 9.17) is 9.47 Å². The molecule has 0 bridgehead atoms. The molecule has 1 atom stereocenters. The SMILES string of the molecule is CCn1c2ccccc2c2cc(NC(=O)[C@H]3CCCN(S(=O)(=O)c4ccc(OC)c(OC)c4)C3)ccc21. The van der Waals surface area contributed by atoms with Gasteiger partial charge in [-0.1, -0.05) is 18.2 Å². The fourth-order valence-electron chi connectivity index (χ4n) is 5.22. The second-order valence-corrected chi connectivity index (χ2v) is 11.1. The molecule has 2 heterocycles. The van der Waals surface area contributed by atoms with E-state index < -0.39 is 15.9 Å². The molecule has 0 aliphatic carbocycles. The molecule has 0 radical (unpaired) electrons. The van der Waals surface area contributed by atoms with Gasteiger partial charge in [-0.25, -0.2) is 8.42 Å². The van der Waals surface area contributed by atoms with Crippen molar-refractivity contribution in [2.45, 2.75) is 31.2 Å². The summed E-state index contributed by atoms with van der Waals surface area (Å²) in [6, 6.07) is 18.7. The Balaban J connectivity index is 1.36. The predicted octanol–water partition coefficient (Wildman–Crippen LogP) is 4.87. The fourth-order valence-corrected chi connectivity index (χ4v) is 6.76. The van der Waals surface area contributed by atoms with Crippen LogP contribution in [0.1, 0.15) is 19.8 Å². The Labute approximate surface area is 216 Å². The average molecular weight is 522 g/mol. The molecule has 1 N–H and O–H groups in total. The lowest BCUT2D eigenvalue weighted by Gasteiger charge is -2.31. The van der Waals surface area contributed by atoms with Gasteiger partial charge in [-0.15, -0.1) is 0 Å². The molecule has 1 fully saturated rings. The summed E-state index contributed by atoms with van der Waals surface area (Å²) < 4.78 is 40.9. The van der Waals surface area contributed by atoms with Crippen molar-refractivity contribution in [1.82, 2.24) is 8.87 Å². The van der Waals surface area contributed by atoms with E-state index in [0.717, 1.165) is 28.4 Å². The van der Waals surface area contributed by atoms with Crippen LogP contribution in [0.15, 0.2) is 65.6 Å². The van der Waals surface area contributed by atoms with Gasteiger partial charge in [-0.2, -0.15) is 4.31 Å². The van der Waals surface area contributed by atoms with Crippen LogP contribution < -0.4 is 14.8 Å². The number of carbonyl (C=O) groups is 1. The van der Waals surface area contributed by atoms with Gasteiger partial charge in [0.05, 0.1) is 25.0 Å². The van der Waals surface area contributed by atoms with Crippen molar-refractivity contribution in [1.29, 1.82) is 0 Å². The predicted molar refractivity (Wildman–Crippen MR) is 145 cm³/mol. The van der Waals surface area contributed by atoms with E-state index in [-0.39, 0.29) is 17.3 Å². The van der Waals surface area contributed by atoms with Crippen LogP contribution in [0.3, 0.4) is 0 Å². The first kappa shape index (κ1) is 25.1. The maximum Gasteiger partial charge on any atom is 0.243 e. The summed E-state index contributed by atoms with van der Waals surface area (Å²) >= 11 is 0. The minimum Gasteiger partial charge on any atom is -0.493 e. The second-order valence-electron chi connectivity index (χ2n) is 9.20. The van der Waals surface area contributed by atoms with Gasteiger partial charge in [-0.05, 0) is 56.2 Å². The molecule has 5 rings (SSSR count). The molecular formula is C28H31N3O5S. The first-order chi connectivity index (χ1) is 17.9. The van der Waals surface area contributed by atoms with E-state index in [1.807, 2.05) is 30.3 Å². The Bertz CT molecular complexity index is 1580. The number of aromatic nitrogens is 1. The van der Waals surface area contributed by atoms with Gasteiger partial charge in [0.25, 0.3) is 0 Å². The number of para-hydroxylation sites is 1. The molecule has 1 aromatic heterocycles. The van der Waals surface area contributed by atoms with Crippen molar-refractivity contribution in [2.75, 3.05) is 32.6 Å². The van der Waals surface area contributed by atoms with Gasteiger partial charge in [0.15, 0.2) is 11.5 Å². The van der Waals surface area contributed by atoms with Gasteiger partial charge in [0.2, 0.25) is 15.9 Å². The maximum absolute atomic E-state index is 13.4. The summed E-state index contributed by atoms with van der Waals surface area (Å²) in [5.74, 6) is 0.174. The largest absolute Gasteiger partial charge is 0.493 e. The van der Waals surface area contributed by atoms with Crippen molar-refractivity contribution in [3.63, 3.8) is 0 Å². The van der Waals surface area contributed by atoms with E-state index in [2.05, 4.69) is 28.9 Å². The third kappa shape index (κ3) is 4.53. The number of anilines is 1. The zero-order valence-corrected chi connectivity index (χ0v) is 22.0. The molecule has 1 aliphatic heterocycles. The normalized spacial score (nSPS) is 16.7. The summed E-state index contributed by atoms with van der Waals surface area (Å²) in [6.07, 6.45) is 1.23. The smallest absolute Gasteiger partial charge is 0.243 e. The van der Waals surface area contributed by atoms with Crippen LogP contribution in [0.4, 0.5) is 5.69 Å². The molecule has 1 saturated heterocycles. The molecule has 37 heavy (non-hydrogen) atoms. The van der Waals surface area contributed by atoms with Gasteiger partial charge < -0.3 is 19.4 Å². The van der Waals surface area contributed by atoms with Crippen molar-refractivity contribution < 1.29 is 22.7 Å². The highest BCUT2D eigenvalue weighted by molar-refractivity contribution is 7.89. The third-order valence-electron chi connectivity index (χ3n) is 7.10. The Morgan fingerprint density at radius 1 is 0.973 bits per heavy atom. The topological polar surface area (TPSA) is 89.9 Å². The van der Waals surface area contributed by atoms with Gasteiger partial charge in [0.1, 0.15) is 0 Å². The van der Waals surface area contributed by atoms with Crippen LogP contribution in [-0.2, 0) is 21.4 Å². The highest BCUT2D eigenvalue weighted by atomic mass is 32.2. The standard InChI is InChI=1S/C28H31N3O5S/c1-4-31-24-10-6-5-9-22(24)23-16-20(11-13-25(23)31)29-28(32)19-8-7-15-30(18-19)37(33,34)21-12-14-26(35-2)27(17-21)36-3/h5-6,9-14,16-17,19H,4,7-8,15,18H2,1-3H3,(H,29,32)/t19-/m0/s1. The molecule has 0 saturated carbocycles. The monoisotopic (exact) mass is 521 g/mol. The molecule has 9 heteroatoms. The first-order valence-electron chi connectivity index (χ1n) is 12.4. The minimum atomic E-state index is -3.80. The summed E-state index contributed by atoms with van der Waals surface area (Å²) in [4.78, 5) is 13.4. The summed E-state index contributed by atoms with van der Waals surface area (Å²) in [5, 5.41) is 5.25. The Morgan fingerprint density at radius 2 is 1.73 bits per heavy atom. The quantitative estimate of drug-likeness (QED) is 0.375. The molecule has 8 nitrogen and oxygen atoms in total. The summed E-state index contributed by atoms with van der Waals surface area (Å²) in [5.41, 5.74) is 2.98. The number of methoxy groups -OCH3 is 2. The number of hydrogen-bond acceptors (Lipinski definition) is 5. The van der Waals surface area contributed by atoms with E-state index in [1.54, 1.807) is 6.07 Å². The third-order valence-corrected chi connectivity index (χ3v) is 8.96. The number of hydrogen-bond donors (Lipinski definition) is 1. The van der Waals surface area contributed by atoms with Crippen molar-refractivity contribution >= 4 is 43.4 Å². The lowest BCUT2D eigenvalue weighted by atomic mass is 9.98. The lowest BCUT2D eigenvalue weighted by Crippen LogP contribution is -2.43. The molecule has 4 aromatic rings. The summed E-state index contributed by atoms with van der Waals surface area (Å²) in [7, 11) is -0.833. The van der Waals surface area contributed by atoms with E-state index in [0.29, 0.717) is 36.6 Å². The van der Waals surface area contributed by atoms with Crippen LogP contribution in [-0.4, -0.2) is 50.5 Å². The number of nitrogens with one attached hydrogen (secondary N) is 1. The van der Waals surface area contributed by atoms with E-state index in [9.17, 15) is 13.2 Å². The van der Waals surface area contributed by atoms with Gasteiger partial charge in [-0.3, -0.25) is 4.79 Å². The van der Waals surface area contributed by atoms with Gasteiger partial charge in [0, 0.05) is 53.2 Å². The minimum absolute atomic E-state index is 0.115. The number of aryl methyl sites for hydroxylation is 1. The number of piperidine rings is 1. The summed E-state index contributed by atoms with van der Waals surface area (Å²) in [6.45, 7) is 3.46. The zero-order valence-electron chi connectivity index (χ0n) is 21.2. The second kappa shape index (κ2) is 10.1. The number of benzene rings is 3. The highest BCUT2D eigenvalue weighted by Gasteiger charge is 2.34. The maximum atomic E-state index is 13.4. The number of amides is 1. The number of fused-ring (bicyclic) bond motifs is 3. The highest BCUT2D eigenvalue weighted by Crippen LogP contribution is 2.33. The Kier molecular flexibility index (Phi) is 6.83. The number of rotatable bonds is 7. The average Bonchev–Trinajstić information content (AvgIpc) is 3.25. The van der Waals surface area contributed by atoms with Gasteiger partial charge >= 0.3 is 0 Å². The van der Waals surface area contributed by atoms with Crippen LogP contribution in [0.25, 0.3) is 21.8 Å². The Hall–Kier alpha value is -3.56. The molecule has 3 aromatic carbocycles. The molecule has 194 valence electrons. The van der Waals surface area contributed by atoms with Crippen LogP contribution >= 0.6 is 0 Å². The lowest BCUT2D eigenvalue weighted by molar-refractivity contribution is -0.120. The van der Waals surface area contributed by atoms with E-state index >= 15 is 0 Å². The number of nitrogens with zero attached hydrogens (tertiary/aromatic N) is 2. The van der Waals surface area contributed by atoms with Crippen molar-refractivity contribution in [2.24, 2.45) is 5.92 Å². The first-order valence-corrected chi connectivity index (χ1v) is 13.9. The van der Waals surface area contributed by atoms with Crippen LogP contribution in [0.2, 0.25) is 0 Å². The number of ether oxygens (including phenoxy) is 2. The fraction of sp³-hybridized carbons (Fsp3) is 0.321. The van der Waals surface area contributed by atoms with Crippen LogP contribution in [0.5, 0.6) is 11.5 Å². The molecule has 1 aliphatic rings. The molecule has 1 amide bonds.